The molecule has 1 aromatic heterocycles. The Morgan fingerprint density at radius 1 is 1.06 bits per heavy atom. The molecule has 1 unspecified atom stereocenters. The summed E-state index contributed by atoms with van der Waals surface area (Å²) in [6.45, 7) is 0. The highest BCUT2D eigenvalue weighted by Gasteiger charge is 2.10. The molecular formula is C14H14F2OS. The molecule has 0 bridgehead atoms. The van der Waals surface area contributed by atoms with E-state index in [1.165, 1.54) is 17.0 Å². The van der Waals surface area contributed by atoms with Gasteiger partial charge < -0.3 is 5.11 Å². The van der Waals surface area contributed by atoms with Crippen LogP contribution in [-0.4, -0.2) is 5.11 Å². The molecule has 0 spiro atoms. The van der Waals surface area contributed by atoms with E-state index in [-0.39, 0.29) is 5.56 Å². The normalized spacial score (nSPS) is 12.9. The first-order valence-corrected chi connectivity index (χ1v) is 6.63. The van der Waals surface area contributed by atoms with Gasteiger partial charge in [-0.1, -0.05) is 30.3 Å². The van der Waals surface area contributed by atoms with Gasteiger partial charge >= 0.3 is 0 Å². The number of alkyl halides is 2. The Kier molecular flexibility index (Phi) is 4.44. The van der Waals surface area contributed by atoms with Gasteiger partial charge in [-0.25, -0.2) is 8.78 Å². The lowest BCUT2D eigenvalue weighted by Crippen LogP contribution is -1.99. The van der Waals surface area contributed by atoms with Crippen molar-refractivity contribution in [1.82, 2.24) is 0 Å². The highest BCUT2D eigenvalue weighted by atomic mass is 32.1. The smallest absolute Gasteiger partial charge is 0.263 e. The maximum absolute atomic E-state index is 12.4. The molecule has 0 amide bonds. The average molecular weight is 268 g/mol. The molecule has 0 saturated heterocycles. The molecule has 4 heteroatoms. The Bertz CT molecular complexity index is 465. The molecule has 0 aliphatic heterocycles. The van der Waals surface area contributed by atoms with Crippen molar-refractivity contribution in [1.29, 1.82) is 0 Å². The fourth-order valence-corrected chi connectivity index (χ4v) is 2.49. The van der Waals surface area contributed by atoms with Crippen LogP contribution in [0.25, 0.3) is 0 Å². The van der Waals surface area contributed by atoms with E-state index in [9.17, 15) is 13.9 Å². The van der Waals surface area contributed by atoms with Crippen molar-refractivity contribution in [3.05, 3.63) is 57.8 Å². The summed E-state index contributed by atoms with van der Waals surface area (Å²) in [7, 11) is 0. The van der Waals surface area contributed by atoms with E-state index >= 15 is 0 Å². The number of hydrogen-bond acceptors (Lipinski definition) is 2. The number of aryl methyl sites for hydroxylation is 1. The largest absolute Gasteiger partial charge is 0.388 e. The van der Waals surface area contributed by atoms with Gasteiger partial charge in [0.2, 0.25) is 0 Å². The fraction of sp³-hybridized carbons (Fsp3) is 0.286. The summed E-state index contributed by atoms with van der Waals surface area (Å²) in [4.78, 5) is 1.22. The monoisotopic (exact) mass is 268 g/mol. The van der Waals surface area contributed by atoms with Gasteiger partial charge in [-0.15, -0.1) is 11.3 Å². The minimum atomic E-state index is -2.46. The number of aliphatic hydroxyl groups is 1. The third kappa shape index (κ3) is 3.37. The van der Waals surface area contributed by atoms with Crippen LogP contribution in [0.1, 0.15) is 35.0 Å². The molecule has 0 radical (unpaired) electrons. The molecule has 0 aliphatic rings. The maximum atomic E-state index is 12.4. The van der Waals surface area contributed by atoms with Crippen LogP contribution in [-0.2, 0) is 6.42 Å². The predicted octanol–water partition coefficient (Wildman–Crippen LogP) is 4.35. The quantitative estimate of drug-likeness (QED) is 0.854. The maximum Gasteiger partial charge on any atom is 0.263 e. The molecule has 96 valence electrons. The Morgan fingerprint density at radius 2 is 1.72 bits per heavy atom. The second kappa shape index (κ2) is 6.07. The standard InChI is InChI=1S/C14H14F2OS/c15-14(16)11-5-3-10(4-6-11)13(17)8-7-12-2-1-9-18-12/h1-6,9,13-14,17H,7-8H2. The molecule has 1 aromatic carbocycles. The number of hydrogen-bond donors (Lipinski definition) is 1. The van der Waals surface area contributed by atoms with Gasteiger partial charge in [0.25, 0.3) is 6.43 Å². The summed E-state index contributed by atoms with van der Waals surface area (Å²) in [5.41, 5.74) is 0.681. The van der Waals surface area contributed by atoms with Crippen LogP contribution < -0.4 is 0 Å². The zero-order valence-corrected chi connectivity index (χ0v) is 10.5. The lowest BCUT2D eigenvalue weighted by Gasteiger charge is -2.11. The molecule has 2 aromatic rings. The third-order valence-corrected chi connectivity index (χ3v) is 3.75. The molecule has 1 nitrogen and oxygen atoms in total. The summed E-state index contributed by atoms with van der Waals surface area (Å²) < 4.78 is 24.7. The van der Waals surface area contributed by atoms with Gasteiger partial charge in [-0.05, 0) is 29.9 Å². The molecule has 1 atom stereocenters. The van der Waals surface area contributed by atoms with E-state index in [1.807, 2.05) is 17.5 Å². The lowest BCUT2D eigenvalue weighted by atomic mass is 10.0. The van der Waals surface area contributed by atoms with Gasteiger partial charge in [0, 0.05) is 10.4 Å². The van der Waals surface area contributed by atoms with Crippen LogP contribution in [0.5, 0.6) is 0 Å². The first-order valence-electron chi connectivity index (χ1n) is 5.75. The summed E-state index contributed by atoms with van der Waals surface area (Å²) in [6.07, 6.45) is -1.65. The molecule has 1 heterocycles. The van der Waals surface area contributed by atoms with Gasteiger partial charge in [0.15, 0.2) is 0 Å². The van der Waals surface area contributed by atoms with Crippen LogP contribution in [0.4, 0.5) is 8.78 Å². The number of benzene rings is 1. The summed E-state index contributed by atoms with van der Waals surface area (Å²) in [5, 5.41) is 12.0. The molecule has 0 saturated carbocycles. The average Bonchev–Trinajstić information content (AvgIpc) is 2.89. The van der Waals surface area contributed by atoms with Crippen molar-refractivity contribution in [3.8, 4) is 0 Å². The summed E-state index contributed by atoms with van der Waals surface area (Å²) in [5.74, 6) is 0. The Balaban J connectivity index is 1.94. The Hall–Kier alpha value is -1.26. The zero-order valence-electron chi connectivity index (χ0n) is 9.72. The fourth-order valence-electron chi connectivity index (χ4n) is 1.76. The van der Waals surface area contributed by atoms with E-state index < -0.39 is 12.5 Å². The topological polar surface area (TPSA) is 20.2 Å². The minimum Gasteiger partial charge on any atom is -0.388 e. The van der Waals surface area contributed by atoms with Crippen molar-refractivity contribution in [2.45, 2.75) is 25.4 Å². The summed E-state index contributed by atoms with van der Waals surface area (Å²) >= 11 is 1.66. The van der Waals surface area contributed by atoms with Gasteiger partial charge in [0.1, 0.15) is 0 Å². The molecule has 0 aliphatic carbocycles. The van der Waals surface area contributed by atoms with Gasteiger partial charge in [-0.3, -0.25) is 0 Å². The van der Waals surface area contributed by atoms with Crippen molar-refractivity contribution in [2.75, 3.05) is 0 Å². The molecule has 1 N–H and O–H groups in total. The highest BCUT2D eigenvalue weighted by molar-refractivity contribution is 7.09. The van der Waals surface area contributed by atoms with E-state index in [1.54, 1.807) is 23.5 Å². The first kappa shape index (κ1) is 13.2. The van der Waals surface area contributed by atoms with E-state index in [2.05, 4.69) is 0 Å². The van der Waals surface area contributed by atoms with Crippen molar-refractivity contribution in [3.63, 3.8) is 0 Å². The second-order valence-electron chi connectivity index (χ2n) is 4.10. The molecular weight excluding hydrogens is 254 g/mol. The van der Waals surface area contributed by atoms with Crippen LogP contribution in [0.2, 0.25) is 0 Å². The highest BCUT2D eigenvalue weighted by Crippen LogP contribution is 2.24. The number of rotatable bonds is 5. The van der Waals surface area contributed by atoms with E-state index in [0.717, 1.165) is 6.42 Å². The third-order valence-electron chi connectivity index (χ3n) is 2.82. The molecule has 2 rings (SSSR count). The summed E-state index contributed by atoms with van der Waals surface area (Å²) in [6, 6.07) is 9.88. The van der Waals surface area contributed by atoms with Crippen LogP contribution in [0.15, 0.2) is 41.8 Å². The van der Waals surface area contributed by atoms with Crippen LogP contribution in [0.3, 0.4) is 0 Å². The Morgan fingerprint density at radius 3 is 2.28 bits per heavy atom. The van der Waals surface area contributed by atoms with Crippen LogP contribution >= 0.6 is 11.3 Å². The number of halogens is 2. The number of thiophene rings is 1. The van der Waals surface area contributed by atoms with E-state index in [0.29, 0.717) is 12.0 Å². The van der Waals surface area contributed by atoms with Crippen LogP contribution in [0, 0.1) is 0 Å². The predicted molar refractivity (Wildman–Crippen MR) is 69.0 cm³/mol. The zero-order chi connectivity index (χ0) is 13.0. The van der Waals surface area contributed by atoms with Crippen molar-refractivity contribution >= 4 is 11.3 Å². The van der Waals surface area contributed by atoms with Crippen molar-refractivity contribution < 1.29 is 13.9 Å². The lowest BCUT2D eigenvalue weighted by molar-refractivity contribution is 0.150. The molecule has 0 fully saturated rings. The number of aliphatic hydroxyl groups excluding tert-OH is 1. The minimum absolute atomic E-state index is 0.00999. The van der Waals surface area contributed by atoms with Crippen molar-refractivity contribution in [2.24, 2.45) is 0 Å². The molecule has 18 heavy (non-hydrogen) atoms. The first-order chi connectivity index (χ1) is 8.66. The van der Waals surface area contributed by atoms with Gasteiger partial charge in [-0.2, -0.15) is 0 Å². The Labute approximate surface area is 109 Å². The van der Waals surface area contributed by atoms with E-state index in [4.69, 9.17) is 0 Å². The van der Waals surface area contributed by atoms with Gasteiger partial charge in [0.05, 0.1) is 6.10 Å². The second-order valence-corrected chi connectivity index (χ2v) is 5.13. The SMILES string of the molecule is OC(CCc1cccs1)c1ccc(C(F)F)cc1.